The van der Waals surface area contributed by atoms with E-state index >= 15 is 0 Å². The summed E-state index contributed by atoms with van der Waals surface area (Å²) < 4.78 is 0. The summed E-state index contributed by atoms with van der Waals surface area (Å²) in [7, 11) is 0. The number of carbonyl (C=O) groups is 1. The number of hydrogen-bond donors (Lipinski definition) is 0. The van der Waals surface area contributed by atoms with Gasteiger partial charge in [-0.2, -0.15) is 0 Å². The van der Waals surface area contributed by atoms with Crippen molar-refractivity contribution in [1.82, 2.24) is 4.90 Å². The van der Waals surface area contributed by atoms with Gasteiger partial charge >= 0.3 is 0 Å². The quantitative estimate of drug-likeness (QED) is 0.644. The number of nitrogens with zero attached hydrogens (tertiary/aromatic N) is 1. The van der Waals surface area contributed by atoms with Crippen LogP contribution in [0.25, 0.3) is 0 Å². The van der Waals surface area contributed by atoms with Crippen molar-refractivity contribution in [2.24, 2.45) is 5.92 Å². The summed E-state index contributed by atoms with van der Waals surface area (Å²) in [6.45, 7) is 6.93. The van der Waals surface area contributed by atoms with E-state index in [4.69, 9.17) is 0 Å². The molecule has 0 unspecified atom stereocenters. The maximum absolute atomic E-state index is 11.3. The minimum Gasteiger partial charge on any atom is -0.340 e. The molecule has 1 fully saturated rings. The van der Waals surface area contributed by atoms with Crippen LogP contribution in [0.15, 0.2) is 0 Å². The van der Waals surface area contributed by atoms with Crippen LogP contribution in [0.5, 0.6) is 0 Å². The van der Waals surface area contributed by atoms with Gasteiger partial charge < -0.3 is 4.90 Å². The summed E-state index contributed by atoms with van der Waals surface area (Å²) in [5.74, 6) is 1.10. The van der Waals surface area contributed by atoms with Crippen LogP contribution in [0, 0.1) is 5.92 Å². The van der Waals surface area contributed by atoms with Crippen LogP contribution < -0.4 is 0 Å². The van der Waals surface area contributed by atoms with Crippen LogP contribution >= 0.6 is 0 Å². The first kappa shape index (κ1) is 10.6. The summed E-state index contributed by atoms with van der Waals surface area (Å²) in [5.41, 5.74) is 0. The molecule has 0 atom stereocenters. The third kappa shape index (κ3) is 2.71. The fourth-order valence-electron chi connectivity index (χ4n) is 2.29. The Balaban J connectivity index is 2.46. The van der Waals surface area contributed by atoms with E-state index in [0.29, 0.717) is 6.04 Å². The minimum absolute atomic E-state index is 0.238. The smallest absolute Gasteiger partial charge is 0.219 e. The molecule has 0 aromatic carbocycles. The van der Waals surface area contributed by atoms with Gasteiger partial charge in [-0.15, -0.1) is 0 Å². The van der Waals surface area contributed by atoms with Gasteiger partial charge in [-0.3, -0.25) is 4.79 Å². The standard InChI is InChI=1S/C11H21NO/c1-4-12(10(3)13)11-7-5-9(2)6-8-11/h9,11H,4-8H2,1-3H3. The highest BCUT2D eigenvalue weighted by molar-refractivity contribution is 5.73. The van der Waals surface area contributed by atoms with Crippen molar-refractivity contribution in [1.29, 1.82) is 0 Å². The van der Waals surface area contributed by atoms with Gasteiger partial charge in [0.05, 0.1) is 0 Å². The van der Waals surface area contributed by atoms with E-state index in [-0.39, 0.29) is 5.91 Å². The Morgan fingerprint density at radius 1 is 1.31 bits per heavy atom. The Labute approximate surface area is 81.3 Å². The Kier molecular flexibility index (Phi) is 3.76. The molecule has 2 heteroatoms. The van der Waals surface area contributed by atoms with Crippen LogP contribution in [0.4, 0.5) is 0 Å². The fourth-order valence-corrected chi connectivity index (χ4v) is 2.29. The second-order valence-electron chi connectivity index (χ2n) is 4.22. The Morgan fingerprint density at radius 3 is 2.23 bits per heavy atom. The molecule has 0 aliphatic heterocycles. The molecule has 0 bridgehead atoms. The summed E-state index contributed by atoms with van der Waals surface area (Å²) in [4.78, 5) is 13.3. The van der Waals surface area contributed by atoms with Crippen molar-refractivity contribution in [3.05, 3.63) is 0 Å². The molecule has 1 amide bonds. The van der Waals surface area contributed by atoms with Gasteiger partial charge in [-0.1, -0.05) is 6.92 Å². The lowest BCUT2D eigenvalue weighted by atomic mass is 9.86. The third-order valence-electron chi connectivity index (χ3n) is 3.17. The largest absolute Gasteiger partial charge is 0.340 e. The summed E-state index contributed by atoms with van der Waals surface area (Å²) >= 11 is 0. The zero-order valence-electron chi connectivity index (χ0n) is 9.05. The van der Waals surface area contributed by atoms with E-state index in [1.165, 1.54) is 25.7 Å². The molecule has 0 spiro atoms. The summed E-state index contributed by atoms with van der Waals surface area (Å²) in [6.07, 6.45) is 4.98. The molecule has 2 nitrogen and oxygen atoms in total. The van der Waals surface area contributed by atoms with E-state index < -0.39 is 0 Å². The van der Waals surface area contributed by atoms with E-state index in [9.17, 15) is 4.79 Å². The van der Waals surface area contributed by atoms with Crippen molar-refractivity contribution in [3.63, 3.8) is 0 Å². The molecular formula is C11H21NO. The average Bonchev–Trinajstić information content (AvgIpc) is 2.09. The van der Waals surface area contributed by atoms with Crippen LogP contribution in [0.3, 0.4) is 0 Å². The highest BCUT2D eigenvalue weighted by atomic mass is 16.2. The monoisotopic (exact) mass is 183 g/mol. The summed E-state index contributed by atoms with van der Waals surface area (Å²) in [5, 5.41) is 0. The maximum Gasteiger partial charge on any atom is 0.219 e. The zero-order chi connectivity index (χ0) is 9.84. The van der Waals surface area contributed by atoms with E-state index in [0.717, 1.165) is 12.5 Å². The van der Waals surface area contributed by atoms with Crippen LogP contribution in [0.2, 0.25) is 0 Å². The lowest BCUT2D eigenvalue weighted by Gasteiger charge is -2.34. The molecular weight excluding hydrogens is 162 g/mol. The van der Waals surface area contributed by atoms with Crippen LogP contribution in [-0.2, 0) is 4.79 Å². The zero-order valence-corrected chi connectivity index (χ0v) is 9.05. The predicted octanol–water partition coefficient (Wildman–Crippen LogP) is 2.43. The lowest BCUT2D eigenvalue weighted by molar-refractivity contribution is -0.131. The summed E-state index contributed by atoms with van der Waals surface area (Å²) in [6, 6.07) is 0.527. The molecule has 76 valence electrons. The molecule has 0 aromatic heterocycles. The SMILES string of the molecule is CCN(C(C)=O)C1CCC(C)CC1. The Morgan fingerprint density at radius 2 is 1.85 bits per heavy atom. The molecule has 0 radical (unpaired) electrons. The molecule has 0 N–H and O–H groups in total. The number of hydrogen-bond acceptors (Lipinski definition) is 1. The highest BCUT2D eigenvalue weighted by Crippen LogP contribution is 2.26. The molecule has 1 aliphatic carbocycles. The molecule has 1 aliphatic rings. The molecule has 0 heterocycles. The lowest BCUT2D eigenvalue weighted by Crippen LogP contribution is -2.40. The second-order valence-corrected chi connectivity index (χ2v) is 4.22. The van der Waals surface area contributed by atoms with Crippen molar-refractivity contribution in [2.75, 3.05) is 6.54 Å². The van der Waals surface area contributed by atoms with Gasteiger partial charge in [-0.05, 0) is 38.5 Å². The number of carbonyl (C=O) groups excluding carboxylic acids is 1. The van der Waals surface area contributed by atoms with Gasteiger partial charge in [0, 0.05) is 19.5 Å². The minimum atomic E-state index is 0.238. The van der Waals surface area contributed by atoms with Gasteiger partial charge in [0.25, 0.3) is 0 Å². The van der Waals surface area contributed by atoms with Gasteiger partial charge in [0.1, 0.15) is 0 Å². The Bertz CT molecular complexity index is 171. The predicted molar refractivity (Wildman–Crippen MR) is 54.5 cm³/mol. The topological polar surface area (TPSA) is 20.3 Å². The highest BCUT2D eigenvalue weighted by Gasteiger charge is 2.24. The van der Waals surface area contributed by atoms with Crippen LogP contribution in [-0.4, -0.2) is 23.4 Å². The van der Waals surface area contributed by atoms with Crippen molar-refractivity contribution < 1.29 is 4.79 Å². The maximum atomic E-state index is 11.3. The first-order valence-corrected chi connectivity index (χ1v) is 5.42. The van der Waals surface area contributed by atoms with E-state index in [1.807, 2.05) is 4.90 Å². The number of amides is 1. The van der Waals surface area contributed by atoms with Gasteiger partial charge in [0.15, 0.2) is 0 Å². The first-order valence-electron chi connectivity index (χ1n) is 5.42. The van der Waals surface area contributed by atoms with Gasteiger partial charge in [-0.25, -0.2) is 0 Å². The van der Waals surface area contributed by atoms with Gasteiger partial charge in [0.2, 0.25) is 5.91 Å². The van der Waals surface area contributed by atoms with E-state index in [1.54, 1.807) is 6.92 Å². The fraction of sp³-hybridized carbons (Fsp3) is 0.909. The molecule has 1 saturated carbocycles. The van der Waals surface area contributed by atoms with Crippen LogP contribution in [0.1, 0.15) is 46.5 Å². The first-order chi connectivity index (χ1) is 6.15. The second kappa shape index (κ2) is 4.64. The Hall–Kier alpha value is -0.530. The molecule has 1 rings (SSSR count). The normalized spacial score (nSPS) is 28.5. The molecule has 0 saturated heterocycles. The van der Waals surface area contributed by atoms with Crippen molar-refractivity contribution in [3.8, 4) is 0 Å². The third-order valence-corrected chi connectivity index (χ3v) is 3.17. The van der Waals surface area contributed by atoms with E-state index in [2.05, 4.69) is 13.8 Å². The number of rotatable bonds is 2. The average molecular weight is 183 g/mol. The molecule has 13 heavy (non-hydrogen) atoms. The molecule has 0 aromatic rings. The van der Waals surface area contributed by atoms with Crippen molar-refractivity contribution in [2.45, 2.75) is 52.5 Å². The van der Waals surface area contributed by atoms with Crippen molar-refractivity contribution >= 4 is 5.91 Å².